The number of hydrogen-bond donors (Lipinski definition) is 0. The van der Waals surface area contributed by atoms with Crippen molar-refractivity contribution in [2.24, 2.45) is 0 Å². The SMILES string of the molecule is CCCC=C(OC)c1ccccc1. The molecule has 0 unspecified atom stereocenters. The predicted octanol–water partition coefficient (Wildman–Crippen LogP) is 3.47. The molecule has 0 fully saturated rings. The molecular formula is C12H16O. The molecule has 0 aliphatic carbocycles. The van der Waals surface area contributed by atoms with Crippen LogP contribution >= 0.6 is 0 Å². The highest BCUT2D eigenvalue weighted by atomic mass is 16.5. The summed E-state index contributed by atoms with van der Waals surface area (Å²) in [6, 6.07) is 10.2. The van der Waals surface area contributed by atoms with Crippen molar-refractivity contribution in [2.75, 3.05) is 7.11 Å². The quantitative estimate of drug-likeness (QED) is 0.638. The molecule has 0 N–H and O–H groups in total. The molecular weight excluding hydrogens is 160 g/mol. The highest BCUT2D eigenvalue weighted by Gasteiger charge is 1.97. The maximum atomic E-state index is 5.30. The van der Waals surface area contributed by atoms with Crippen molar-refractivity contribution in [1.82, 2.24) is 0 Å². The molecule has 0 saturated heterocycles. The van der Waals surface area contributed by atoms with E-state index in [2.05, 4.69) is 25.1 Å². The summed E-state index contributed by atoms with van der Waals surface area (Å²) >= 11 is 0. The Morgan fingerprint density at radius 3 is 2.54 bits per heavy atom. The van der Waals surface area contributed by atoms with Gasteiger partial charge in [-0.05, 0) is 12.5 Å². The summed E-state index contributed by atoms with van der Waals surface area (Å²) in [5.41, 5.74) is 1.15. The third-order valence-corrected chi connectivity index (χ3v) is 1.90. The molecule has 0 saturated carbocycles. The van der Waals surface area contributed by atoms with E-state index in [9.17, 15) is 0 Å². The lowest BCUT2D eigenvalue weighted by Crippen LogP contribution is -1.86. The largest absolute Gasteiger partial charge is 0.496 e. The van der Waals surface area contributed by atoms with Crippen molar-refractivity contribution in [2.45, 2.75) is 19.8 Å². The Kier molecular flexibility index (Phi) is 4.10. The number of unbranched alkanes of at least 4 members (excludes halogenated alkanes) is 1. The molecule has 0 aliphatic heterocycles. The molecule has 70 valence electrons. The monoisotopic (exact) mass is 176 g/mol. The number of ether oxygens (including phenoxy) is 1. The van der Waals surface area contributed by atoms with Gasteiger partial charge < -0.3 is 4.74 Å². The normalized spacial score (nSPS) is 11.4. The van der Waals surface area contributed by atoms with E-state index in [1.807, 2.05) is 18.2 Å². The smallest absolute Gasteiger partial charge is 0.122 e. The van der Waals surface area contributed by atoms with Crippen molar-refractivity contribution < 1.29 is 4.74 Å². The number of allylic oxidation sites excluding steroid dienone is 1. The van der Waals surface area contributed by atoms with E-state index in [4.69, 9.17) is 4.74 Å². The zero-order chi connectivity index (χ0) is 9.52. The van der Waals surface area contributed by atoms with Gasteiger partial charge in [0, 0.05) is 5.56 Å². The second-order valence-electron chi connectivity index (χ2n) is 2.93. The van der Waals surface area contributed by atoms with Gasteiger partial charge in [-0.1, -0.05) is 43.7 Å². The summed E-state index contributed by atoms with van der Waals surface area (Å²) in [4.78, 5) is 0. The summed E-state index contributed by atoms with van der Waals surface area (Å²) < 4.78 is 5.30. The maximum absolute atomic E-state index is 5.30. The number of methoxy groups -OCH3 is 1. The molecule has 0 radical (unpaired) electrons. The second-order valence-corrected chi connectivity index (χ2v) is 2.93. The number of hydrogen-bond acceptors (Lipinski definition) is 1. The summed E-state index contributed by atoms with van der Waals surface area (Å²) in [5, 5.41) is 0. The van der Waals surface area contributed by atoms with E-state index in [0.29, 0.717) is 0 Å². The predicted molar refractivity (Wildman–Crippen MR) is 56.3 cm³/mol. The number of rotatable bonds is 4. The first-order valence-electron chi connectivity index (χ1n) is 4.68. The maximum Gasteiger partial charge on any atom is 0.122 e. The van der Waals surface area contributed by atoms with Crippen molar-refractivity contribution in [1.29, 1.82) is 0 Å². The molecule has 1 rings (SSSR count). The van der Waals surface area contributed by atoms with Gasteiger partial charge in [0.2, 0.25) is 0 Å². The third kappa shape index (κ3) is 2.94. The van der Waals surface area contributed by atoms with Crippen LogP contribution in [0.3, 0.4) is 0 Å². The van der Waals surface area contributed by atoms with Gasteiger partial charge in [-0.15, -0.1) is 0 Å². The molecule has 0 bridgehead atoms. The molecule has 13 heavy (non-hydrogen) atoms. The average molecular weight is 176 g/mol. The van der Waals surface area contributed by atoms with Crippen LogP contribution in [0, 0.1) is 0 Å². The van der Waals surface area contributed by atoms with Crippen LogP contribution in [-0.4, -0.2) is 7.11 Å². The topological polar surface area (TPSA) is 9.23 Å². The molecule has 0 atom stereocenters. The Balaban J connectivity index is 2.78. The Morgan fingerprint density at radius 1 is 1.31 bits per heavy atom. The highest BCUT2D eigenvalue weighted by molar-refractivity contribution is 5.59. The highest BCUT2D eigenvalue weighted by Crippen LogP contribution is 2.15. The Bertz CT molecular complexity index is 262. The van der Waals surface area contributed by atoms with Crippen LogP contribution in [0.2, 0.25) is 0 Å². The van der Waals surface area contributed by atoms with E-state index in [-0.39, 0.29) is 0 Å². The first kappa shape index (κ1) is 9.85. The van der Waals surface area contributed by atoms with Gasteiger partial charge in [-0.25, -0.2) is 0 Å². The van der Waals surface area contributed by atoms with Gasteiger partial charge in [-0.3, -0.25) is 0 Å². The lowest BCUT2D eigenvalue weighted by atomic mass is 10.1. The van der Waals surface area contributed by atoms with Crippen molar-refractivity contribution >= 4 is 5.76 Å². The van der Waals surface area contributed by atoms with Gasteiger partial charge in [0.1, 0.15) is 5.76 Å². The lowest BCUT2D eigenvalue weighted by Gasteiger charge is -2.05. The fraction of sp³-hybridized carbons (Fsp3) is 0.333. The molecule has 1 aromatic rings. The Labute approximate surface area is 80.0 Å². The van der Waals surface area contributed by atoms with Crippen LogP contribution < -0.4 is 0 Å². The van der Waals surface area contributed by atoms with E-state index in [1.54, 1.807) is 7.11 Å². The third-order valence-electron chi connectivity index (χ3n) is 1.90. The molecule has 0 spiro atoms. The first-order chi connectivity index (χ1) is 6.38. The minimum Gasteiger partial charge on any atom is -0.496 e. The van der Waals surface area contributed by atoms with Crippen LogP contribution in [0.4, 0.5) is 0 Å². The van der Waals surface area contributed by atoms with E-state index < -0.39 is 0 Å². The van der Waals surface area contributed by atoms with Gasteiger partial charge in [-0.2, -0.15) is 0 Å². The fourth-order valence-corrected chi connectivity index (χ4v) is 1.20. The lowest BCUT2D eigenvalue weighted by molar-refractivity contribution is 0.368. The van der Waals surface area contributed by atoms with Crippen LogP contribution in [0.25, 0.3) is 5.76 Å². The molecule has 1 nitrogen and oxygen atoms in total. The van der Waals surface area contributed by atoms with E-state index >= 15 is 0 Å². The zero-order valence-corrected chi connectivity index (χ0v) is 8.29. The molecule has 1 heteroatoms. The van der Waals surface area contributed by atoms with Crippen LogP contribution in [-0.2, 0) is 4.74 Å². The first-order valence-corrected chi connectivity index (χ1v) is 4.68. The summed E-state index contributed by atoms with van der Waals surface area (Å²) in [6.45, 7) is 2.16. The fourth-order valence-electron chi connectivity index (χ4n) is 1.20. The van der Waals surface area contributed by atoms with Gasteiger partial charge >= 0.3 is 0 Å². The van der Waals surface area contributed by atoms with Crippen LogP contribution in [0.5, 0.6) is 0 Å². The minimum atomic E-state index is 0.974. The van der Waals surface area contributed by atoms with Crippen molar-refractivity contribution in [3.05, 3.63) is 42.0 Å². The Hall–Kier alpha value is -1.24. The second kappa shape index (κ2) is 5.41. The Morgan fingerprint density at radius 2 is 2.00 bits per heavy atom. The van der Waals surface area contributed by atoms with Crippen LogP contribution in [0.15, 0.2) is 36.4 Å². The average Bonchev–Trinajstić information content (AvgIpc) is 2.21. The van der Waals surface area contributed by atoms with Gasteiger partial charge in [0.15, 0.2) is 0 Å². The standard InChI is InChI=1S/C12H16O/c1-3-4-10-12(13-2)11-8-6-5-7-9-11/h5-10H,3-4H2,1-2H3. The van der Waals surface area contributed by atoms with Gasteiger partial charge in [0.05, 0.1) is 7.11 Å². The number of benzene rings is 1. The molecule has 1 aromatic carbocycles. The van der Waals surface area contributed by atoms with Crippen molar-refractivity contribution in [3.63, 3.8) is 0 Å². The molecule has 0 aliphatic rings. The van der Waals surface area contributed by atoms with Crippen LogP contribution in [0.1, 0.15) is 25.3 Å². The zero-order valence-electron chi connectivity index (χ0n) is 8.29. The molecule has 0 heterocycles. The van der Waals surface area contributed by atoms with E-state index in [0.717, 1.165) is 24.2 Å². The van der Waals surface area contributed by atoms with E-state index in [1.165, 1.54) is 0 Å². The summed E-state index contributed by atoms with van der Waals surface area (Å²) in [6.07, 6.45) is 4.35. The van der Waals surface area contributed by atoms with Gasteiger partial charge in [0.25, 0.3) is 0 Å². The molecule has 0 amide bonds. The molecule has 0 aromatic heterocycles. The van der Waals surface area contributed by atoms with Crippen molar-refractivity contribution in [3.8, 4) is 0 Å². The minimum absolute atomic E-state index is 0.974. The summed E-state index contributed by atoms with van der Waals surface area (Å²) in [5.74, 6) is 0.974. The summed E-state index contributed by atoms with van der Waals surface area (Å²) in [7, 11) is 1.72.